The minimum absolute atomic E-state index is 0.258. The minimum Gasteiger partial charge on any atom is -0.424 e. The Kier molecular flexibility index (Phi) is 5.23. The van der Waals surface area contributed by atoms with Crippen molar-refractivity contribution >= 4 is 26.6 Å². The predicted octanol–water partition coefficient (Wildman–Crippen LogP) is 4.86. The van der Waals surface area contributed by atoms with Crippen LogP contribution < -0.4 is 9.46 Å². The van der Waals surface area contributed by atoms with Crippen LogP contribution in [0.4, 0.5) is 5.69 Å². The summed E-state index contributed by atoms with van der Waals surface area (Å²) in [5.41, 5.74) is 3.66. The number of nitrogens with one attached hydrogen (secondary N) is 1. The number of nitrogens with zero attached hydrogens (tertiary/aromatic N) is 4. The Hall–Kier alpha value is -3.90. The smallest absolute Gasteiger partial charge is 0.321 e. The number of hydrogen-bond acceptors (Lipinski definition) is 6. The summed E-state index contributed by atoms with van der Waals surface area (Å²) < 4.78 is 33.6. The second kappa shape index (κ2) is 8.22. The maximum atomic E-state index is 11.5. The van der Waals surface area contributed by atoms with Crippen molar-refractivity contribution in [3.8, 4) is 29.1 Å². The molecule has 1 fully saturated rings. The van der Waals surface area contributed by atoms with Crippen LogP contribution in [0.5, 0.6) is 11.8 Å². The van der Waals surface area contributed by atoms with Crippen LogP contribution in [0.3, 0.4) is 0 Å². The molecule has 2 heterocycles. The van der Waals surface area contributed by atoms with Gasteiger partial charge >= 0.3 is 6.01 Å². The van der Waals surface area contributed by atoms with Crippen LogP contribution in [-0.4, -0.2) is 29.2 Å². The Labute approximate surface area is 191 Å². The molecule has 2 aromatic carbocycles. The number of anilines is 1. The number of ether oxygens (including phenoxy) is 1. The first-order valence-corrected chi connectivity index (χ1v) is 12.4. The molecule has 166 valence electrons. The standard InChI is InChI=1S/C24H21N5O3S/c1-33(30,31)28-17-8-6-16(7-9-17)23-21(15-25)20-11-10-19(32-24-26-12-3-13-27-24)14-22(20)29(23)18-4-2-5-18/h3,6-14,18,28H,2,4-5H2,1H3. The highest BCUT2D eigenvalue weighted by atomic mass is 32.2. The average Bonchev–Trinajstić information content (AvgIpc) is 3.06. The lowest BCUT2D eigenvalue weighted by Crippen LogP contribution is -2.17. The zero-order valence-electron chi connectivity index (χ0n) is 17.9. The van der Waals surface area contributed by atoms with E-state index in [-0.39, 0.29) is 12.1 Å². The Balaban J connectivity index is 1.64. The molecule has 1 aliphatic carbocycles. The number of sulfonamides is 1. The van der Waals surface area contributed by atoms with Gasteiger partial charge in [-0.25, -0.2) is 18.4 Å². The van der Waals surface area contributed by atoms with Crippen molar-refractivity contribution in [1.82, 2.24) is 14.5 Å². The third kappa shape index (κ3) is 4.13. The fraction of sp³-hybridized carbons (Fsp3) is 0.208. The van der Waals surface area contributed by atoms with E-state index in [9.17, 15) is 13.7 Å². The second-order valence-electron chi connectivity index (χ2n) is 8.05. The highest BCUT2D eigenvalue weighted by Gasteiger charge is 2.28. The fourth-order valence-corrected chi connectivity index (χ4v) is 4.69. The van der Waals surface area contributed by atoms with E-state index in [1.165, 1.54) is 0 Å². The molecular formula is C24H21N5O3S. The number of nitriles is 1. The Bertz CT molecular complexity index is 1470. The molecule has 0 bridgehead atoms. The van der Waals surface area contributed by atoms with Crippen LogP contribution in [0.2, 0.25) is 0 Å². The van der Waals surface area contributed by atoms with E-state index in [0.29, 0.717) is 17.0 Å². The first kappa shape index (κ1) is 21.0. The SMILES string of the molecule is CS(=O)(=O)Nc1ccc(-c2c(C#N)c3ccc(Oc4ncccn4)cc3n2C2CCC2)cc1. The number of fused-ring (bicyclic) bond motifs is 1. The second-order valence-corrected chi connectivity index (χ2v) is 9.80. The van der Waals surface area contributed by atoms with Crippen molar-refractivity contribution in [1.29, 1.82) is 5.26 Å². The van der Waals surface area contributed by atoms with Crippen molar-refractivity contribution in [2.75, 3.05) is 11.0 Å². The summed E-state index contributed by atoms with van der Waals surface area (Å²) in [6.07, 6.45) is 7.54. The molecule has 0 spiro atoms. The largest absolute Gasteiger partial charge is 0.424 e. The third-order valence-electron chi connectivity index (χ3n) is 5.74. The molecule has 0 atom stereocenters. The average molecular weight is 460 g/mol. The lowest BCUT2D eigenvalue weighted by atomic mass is 9.92. The van der Waals surface area contributed by atoms with Gasteiger partial charge in [-0.3, -0.25) is 4.72 Å². The van der Waals surface area contributed by atoms with E-state index in [1.54, 1.807) is 30.6 Å². The summed E-state index contributed by atoms with van der Waals surface area (Å²) in [4.78, 5) is 8.24. The monoisotopic (exact) mass is 459 g/mol. The zero-order valence-corrected chi connectivity index (χ0v) is 18.7. The lowest BCUT2D eigenvalue weighted by molar-refractivity contribution is 0.324. The number of benzene rings is 2. The van der Waals surface area contributed by atoms with Crippen LogP contribution in [-0.2, 0) is 10.0 Å². The van der Waals surface area contributed by atoms with Gasteiger partial charge in [-0.2, -0.15) is 5.26 Å². The first-order valence-electron chi connectivity index (χ1n) is 10.5. The first-order chi connectivity index (χ1) is 15.9. The normalized spacial score (nSPS) is 13.9. The molecule has 9 heteroatoms. The van der Waals surface area contributed by atoms with E-state index >= 15 is 0 Å². The molecule has 2 aromatic heterocycles. The number of aromatic nitrogens is 3. The van der Waals surface area contributed by atoms with Crippen LogP contribution in [0.25, 0.3) is 22.2 Å². The molecule has 0 unspecified atom stereocenters. The van der Waals surface area contributed by atoms with Gasteiger partial charge in [0.15, 0.2) is 0 Å². The van der Waals surface area contributed by atoms with Gasteiger partial charge in [-0.15, -0.1) is 0 Å². The molecule has 0 radical (unpaired) electrons. The predicted molar refractivity (Wildman–Crippen MR) is 126 cm³/mol. The van der Waals surface area contributed by atoms with E-state index in [2.05, 4.69) is 25.3 Å². The zero-order chi connectivity index (χ0) is 23.0. The lowest BCUT2D eigenvalue weighted by Gasteiger charge is -2.30. The summed E-state index contributed by atoms with van der Waals surface area (Å²) in [7, 11) is -3.37. The van der Waals surface area contributed by atoms with Crippen molar-refractivity contribution in [3.63, 3.8) is 0 Å². The van der Waals surface area contributed by atoms with E-state index in [0.717, 1.165) is 47.7 Å². The van der Waals surface area contributed by atoms with Crippen LogP contribution in [0.1, 0.15) is 30.9 Å². The highest BCUT2D eigenvalue weighted by Crippen LogP contribution is 2.43. The van der Waals surface area contributed by atoms with Gasteiger partial charge in [-0.1, -0.05) is 12.1 Å². The van der Waals surface area contributed by atoms with Crippen LogP contribution >= 0.6 is 0 Å². The van der Waals surface area contributed by atoms with Gasteiger partial charge in [0.05, 0.1) is 23.0 Å². The Morgan fingerprint density at radius 1 is 1.12 bits per heavy atom. The molecule has 1 aliphatic rings. The van der Waals surface area contributed by atoms with Gasteiger partial charge in [0.1, 0.15) is 11.8 Å². The molecular weight excluding hydrogens is 438 g/mol. The van der Waals surface area contributed by atoms with Crippen LogP contribution in [0.15, 0.2) is 60.9 Å². The summed E-state index contributed by atoms with van der Waals surface area (Å²) in [6.45, 7) is 0. The number of rotatable bonds is 6. The fourth-order valence-electron chi connectivity index (χ4n) is 4.13. The van der Waals surface area contributed by atoms with Gasteiger partial charge in [0.25, 0.3) is 0 Å². The molecule has 0 aliphatic heterocycles. The maximum Gasteiger partial charge on any atom is 0.321 e. The summed E-state index contributed by atoms with van der Waals surface area (Å²) >= 11 is 0. The molecule has 1 N–H and O–H groups in total. The molecule has 4 aromatic rings. The van der Waals surface area contributed by atoms with Gasteiger partial charge in [0, 0.05) is 35.6 Å². The number of hydrogen-bond donors (Lipinski definition) is 1. The van der Waals surface area contributed by atoms with Crippen LogP contribution in [0, 0.1) is 11.3 Å². The molecule has 33 heavy (non-hydrogen) atoms. The minimum atomic E-state index is -3.37. The van der Waals surface area contributed by atoms with Crippen molar-refractivity contribution in [2.24, 2.45) is 0 Å². The van der Waals surface area contributed by atoms with E-state index < -0.39 is 10.0 Å². The molecule has 1 saturated carbocycles. The topological polar surface area (TPSA) is 110 Å². The molecule has 8 nitrogen and oxygen atoms in total. The highest BCUT2D eigenvalue weighted by molar-refractivity contribution is 7.92. The Morgan fingerprint density at radius 2 is 1.85 bits per heavy atom. The van der Waals surface area contributed by atoms with Gasteiger partial charge in [0.2, 0.25) is 10.0 Å². The summed E-state index contributed by atoms with van der Waals surface area (Å²) in [5, 5.41) is 10.9. The molecule has 0 saturated heterocycles. The summed E-state index contributed by atoms with van der Waals surface area (Å²) in [6, 6.07) is 17.4. The van der Waals surface area contributed by atoms with E-state index in [1.807, 2.05) is 30.3 Å². The van der Waals surface area contributed by atoms with Gasteiger partial charge < -0.3 is 9.30 Å². The molecule has 5 rings (SSSR count). The van der Waals surface area contributed by atoms with Crippen molar-refractivity contribution in [3.05, 3.63) is 66.5 Å². The van der Waals surface area contributed by atoms with Gasteiger partial charge in [-0.05, 0) is 55.2 Å². The van der Waals surface area contributed by atoms with Crippen molar-refractivity contribution in [2.45, 2.75) is 25.3 Å². The summed E-state index contributed by atoms with van der Waals surface area (Å²) in [5.74, 6) is 0.593. The quantitative estimate of drug-likeness (QED) is 0.441. The van der Waals surface area contributed by atoms with E-state index in [4.69, 9.17) is 4.74 Å². The van der Waals surface area contributed by atoms with Crippen molar-refractivity contribution < 1.29 is 13.2 Å². The Morgan fingerprint density at radius 3 is 2.45 bits per heavy atom. The third-order valence-corrected chi connectivity index (χ3v) is 6.35. The molecule has 0 amide bonds. The maximum absolute atomic E-state index is 11.5.